The van der Waals surface area contributed by atoms with Crippen LogP contribution in [0.3, 0.4) is 0 Å². The lowest BCUT2D eigenvalue weighted by Gasteiger charge is -2.16. The van der Waals surface area contributed by atoms with Gasteiger partial charge < -0.3 is 11.4 Å². The summed E-state index contributed by atoms with van der Waals surface area (Å²) in [6, 6.07) is 0. The highest BCUT2D eigenvalue weighted by molar-refractivity contribution is 6.41. The van der Waals surface area contributed by atoms with Gasteiger partial charge in [0.05, 0.1) is 0 Å². The van der Waals surface area contributed by atoms with Crippen LogP contribution in [0.5, 0.6) is 0 Å². The van der Waals surface area contributed by atoms with E-state index < -0.39 is 15.1 Å². The Balaban J connectivity index is 2.54. The molecule has 0 aromatic heterocycles. The summed E-state index contributed by atoms with van der Waals surface area (Å²) in [7, 11) is 0. The van der Waals surface area contributed by atoms with Crippen LogP contribution in [0.4, 0.5) is 0 Å². The molecule has 1 fully saturated rings. The summed E-state index contributed by atoms with van der Waals surface area (Å²) in [6.07, 6.45) is 5.35. The minimum atomic E-state index is -2.66. The van der Waals surface area contributed by atoms with Gasteiger partial charge in [-0.1, -0.05) is 19.3 Å². The minimum absolute atomic E-state index is 0.116. The first-order valence-corrected chi connectivity index (χ1v) is 8.04. The van der Waals surface area contributed by atoms with Crippen LogP contribution < -0.4 is 0 Å². The van der Waals surface area contributed by atoms with Crippen molar-refractivity contribution < 1.29 is 21.0 Å². The molecule has 1 saturated heterocycles. The second-order valence-corrected chi connectivity index (χ2v) is 6.04. The van der Waals surface area contributed by atoms with Crippen molar-refractivity contribution in [2.45, 2.75) is 64.9 Å². The summed E-state index contributed by atoms with van der Waals surface area (Å²) in [6.45, 7) is 3.65. The quantitative estimate of drug-likeness (QED) is 0.721. The summed E-state index contributed by atoms with van der Waals surface area (Å²) >= 11 is -2.66. The van der Waals surface area contributed by atoms with Crippen molar-refractivity contribution in [2.24, 2.45) is 0 Å². The van der Waals surface area contributed by atoms with Gasteiger partial charge in [0, 0.05) is 18.9 Å². The van der Waals surface area contributed by atoms with Crippen molar-refractivity contribution in [3.05, 3.63) is 0 Å². The molecule has 0 unspecified atom stereocenters. The Morgan fingerprint density at radius 3 is 1.83 bits per heavy atom. The van der Waals surface area contributed by atoms with Crippen molar-refractivity contribution in [2.75, 3.05) is 0 Å². The molecule has 5 nitrogen and oxygen atoms in total. The van der Waals surface area contributed by atoms with Crippen molar-refractivity contribution in [1.82, 2.24) is 0 Å². The van der Waals surface area contributed by atoms with Gasteiger partial charge in [-0.05, 0) is 26.7 Å². The predicted molar refractivity (Wildman–Crippen MR) is 66.5 cm³/mol. The molecule has 0 N–H and O–H groups in total. The average molecular weight is 272 g/mol. The largest absolute Gasteiger partial charge is 1.10 e. The Morgan fingerprint density at radius 2 is 1.39 bits per heavy atom. The monoisotopic (exact) mass is 272 g/mol. The van der Waals surface area contributed by atoms with E-state index in [0.717, 1.165) is 32.1 Å². The highest BCUT2D eigenvalue weighted by Crippen LogP contribution is 2.11. The van der Waals surface area contributed by atoms with Crippen LogP contribution in [-0.4, -0.2) is 33.2 Å². The third kappa shape index (κ3) is 7.00. The van der Waals surface area contributed by atoms with Gasteiger partial charge >= 0.3 is 15.1 Å². The second kappa shape index (κ2) is 8.52. The van der Waals surface area contributed by atoms with E-state index in [0.29, 0.717) is 12.8 Å². The first-order valence-electron chi connectivity index (χ1n) is 6.62. The summed E-state index contributed by atoms with van der Waals surface area (Å²) in [5.74, 6) is -0.638. The molecule has 0 aromatic rings. The molecule has 0 aliphatic carbocycles. The lowest BCUT2D eigenvalue weighted by Crippen LogP contribution is -2.34. The SMILES string of the molecule is CC(C)[O][Al]1[O]C(=O)CCCCCCCC(=O)[O]1. The maximum absolute atomic E-state index is 11.5. The number of hydrogen-bond acceptors (Lipinski definition) is 5. The molecule has 1 aliphatic heterocycles. The van der Waals surface area contributed by atoms with E-state index in [1.807, 2.05) is 13.8 Å². The standard InChI is InChI=1S/C9H16O4.C3H7O.Al/c10-8(11)6-4-2-1-3-5-7-9(12)13;1-3(2)4;/h1-7H2,(H,10,11)(H,12,13);3H,1-2H3;/q;-1;+3/p-2. The molecule has 0 bridgehead atoms. The van der Waals surface area contributed by atoms with E-state index in [1.54, 1.807) is 0 Å². The number of carbonyl (C=O) groups excluding carboxylic acids is 2. The molecule has 0 radical (unpaired) electrons. The van der Waals surface area contributed by atoms with Crippen molar-refractivity contribution in [1.29, 1.82) is 0 Å². The minimum Gasteiger partial charge on any atom is -0.562 e. The topological polar surface area (TPSA) is 61.8 Å². The molecular formula is C12H21AlO5. The zero-order valence-corrected chi connectivity index (χ0v) is 12.3. The number of rotatable bonds is 2. The average Bonchev–Trinajstić information content (AvgIpc) is 2.25. The molecule has 18 heavy (non-hydrogen) atoms. The fraction of sp³-hybridized carbons (Fsp3) is 0.833. The third-order valence-electron chi connectivity index (χ3n) is 2.60. The number of hydrogen-bond donors (Lipinski definition) is 0. The van der Waals surface area contributed by atoms with Crippen LogP contribution >= 0.6 is 0 Å². The lowest BCUT2D eigenvalue weighted by molar-refractivity contribution is -0.144. The molecule has 0 saturated carbocycles. The predicted octanol–water partition coefficient (Wildman–Crippen LogP) is 2.23. The Hall–Kier alpha value is -0.568. The van der Waals surface area contributed by atoms with Crippen LogP contribution in [0.15, 0.2) is 0 Å². The Morgan fingerprint density at radius 1 is 0.944 bits per heavy atom. The smallest absolute Gasteiger partial charge is 0.562 e. The van der Waals surface area contributed by atoms with E-state index in [4.69, 9.17) is 11.4 Å². The normalized spacial score (nSPS) is 19.8. The van der Waals surface area contributed by atoms with Gasteiger partial charge in [0.1, 0.15) is 0 Å². The summed E-state index contributed by atoms with van der Waals surface area (Å²) in [5, 5.41) is 0. The zero-order chi connectivity index (χ0) is 13.4. The fourth-order valence-electron chi connectivity index (χ4n) is 1.70. The van der Waals surface area contributed by atoms with Crippen molar-refractivity contribution in [3.8, 4) is 0 Å². The van der Waals surface area contributed by atoms with E-state index in [9.17, 15) is 9.59 Å². The van der Waals surface area contributed by atoms with Crippen LogP contribution in [0.25, 0.3) is 0 Å². The molecule has 6 heteroatoms. The van der Waals surface area contributed by atoms with E-state index in [1.165, 1.54) is 0 Å². The van der Waals surface area contributed by atoms with Gasteiger partial charge in [-0.3, -0.25) is 9.59 Å². The molecule has 0 amide bonds. The molecule has 1 heterocycles. The summed E-state index contributed by atoms with van der Waals surface area (Å²) in [4.78, 5) is 23.1. The molecular weight excluding hydrogens is 251 g/mol. The van der Waals surface area contributed by atoms with Gasteiger partial charge in [0.2, 0.25) is 0 Å². The Bertz CT molecular complexity index is 258. The fourth-order valence-corrected chi connectivity index (χ4v) is 2.97. The maximum atomic E-state index is 11.5. The molecule has 0 atom stereocenters. The first kappa shape index (κ1) is 15.5. The first-order chi connectivity index (χ1) is 8.58. The molecule has 1 rings (SSSR count). The molecule has 0 spiro atoms. The lowest BCUT2D eigenvalue weighted by atomic mass is 10.1. The third-order valence-corrected chi connectivity index (χ3v) is 4.28. The molecule has 0 aromatic carbocycles. The Kier molecular flexibility index (Phi) is 7.33. The Labute approximate surface area is 113 Å². The molecule has 1 aliphatic rings. The highest BCUT2D eigenvalue weighted by atomic mass is 27.3. The summed E-state index contributed by atoms with van der Waals surface area (Å²) < 4.78 is 15.7. The molecule has 102 valence electrons. The van der Waals surface area contributed by atoms with Gasteiger partial charge in [-0.15, -0.1) is 0 Å². The van der Waals surface area contributed by atoms with Crippen LogP contribution in [-0.2, 0) is 21.0 Å². The number of carbonyl (C=O) groups is 2. The highest BCUT2D eigenvalue weighted by Gasteiger charge is 2.43. The van der Waals surface area contributed by atoms with Gasteiger partial charge in [-0.25, -0.2) is 0 Å². The van der Waals surface area contributed by atoms with E-state index in [-0.39, 0.29) is 18.0 Å². The zero-order valence-electron chi connectivity index (χ0n) is 11.1. The van der Waals surface area contributed by atoms with Crippen LogP contribution in [0, 0.1) is 0 Å². The van der Waals surface area contributed by atoms with E-state index in [2.05, 4.69) is 0 Å². The van der Waals surface area contributed by atoms with Crippen LogP contribution in [0.2, 0.25) is 0 Å². The van der Waals surface area contributed by atoms with Crippen molar-refractivity contribution >= 4 is 27.1 Å². The second-order valence-electron chi connectivity index (χ2n) is 4.72. The van der Waals surface area contributed by atoms with Gasteiger partial charge in [-0.2, -0.15) is 0 Å². The maximum Gasteiger partial charge on any atom is 1.10 e. The van der Waals surface area contributed by atoms with E-state index >= 15 is 0 Å². The van der Waals surface area contributed by atoms with Gasteiger partial charge in [0.25, 0.3) is 11.9 Å². The van der Waals surface area contributed by atoms with Gasteiger partial charge in [0.15, 0.2) is 0 Å². The summed E-state index contributed by atoms with van der Waals surface area (Å²) in [5.41, 5.74) is 0. The van der Waals surface area contributed by atoms with Crippen molar-refractivity contribution in [3.63, 3.8) is 0 Å². The van der Waals surface area contributed by atoms with Crippen LogP contribution in [0.1, 0.15) is 58.8 Å².